The lowest BCUT2D eigenvalue weighted by Crippen LogP contribution is -1.99. The maximum atomic E-state index is 4.94. The van der Waals surface area contributed by atoms with E-state index < -0.39 is 0 Å². The topological polar surface area (TPSA) is 44.5 Å². The van der Waals surface area contributed by atoms with Gasteiger partial charge in [-0.25, -0.2) is 4.98 Å². The lowest BCUT2D eigenvalue weighted by Gasteiger charge is -2.08. The second-order valence-corrected chi connectivity index (χ2v) is 4.13. The molecule has 1 aromatic rings. The zero-order chi connectivity index (χ0) is 9.10. The summed E-state index contributed by atoms with van der Waals surface area (Å²) in [6, 6.07) is 0. The molecular weight excluding hydrogens is 182 g/mol. The molecule has 1 aliphatic rings. The van der Waals surface area contributed by atoms with Gasteiger partial charge in [0.1, 0.15) is 5.82 Å². The highest BCUT2D eigenvalue weighted by atomic mass is 32.1. The monoisotopic (exact) mass is 197 g/mol. The number of nitrogens with zero attached hydrogens (tertiary/aromatic N) is 1. The van der Waals surface area contributed by atoms with Crippen LogP contribution >= 0.6 is 12.2 Å². The molecule has 0 unspecified atom stereocenters. The van der Waals surface area contributed by atoms with E-state index in [2.05, 4.69) is 15.2 Å². The minimum Gasteiger partial charge on any atom is -0.285 e. The minimum absolute atomic E-state index is 0.583. The van der Waals surface area contributed by atoms with Gasteiger partial charge in [-0.2, -0.15) is 0 Å². The van der Waals surface area contributed by atoms with E-state index in [1.165, 1.54) is 38.5 Å². The Balaban J connectivity index is 2.10. The molecule has 2 N–H and O–H groups in total. The number of nitrogens with one attached hydrogen (secondary N) is 2. The summed E-state index contributed by atoms with van der Waals surface area (Å²) in [4.78, 5) is 4.28. The van der Waals surface area contributed by atoms with Crippen LogP contribution in [-0.2, 0) is 0 Å². The Morgan fingerprint density at radius 3 is 2.31 bits per heavy atom. The van der Waals surface area contributed by atoms with Crippen molar-refractivity contribution in [2.75, 3.05) is 0 Å². The fraction of sp³-hybridized carbons (Fsp3) is 0.778. The fourth-order valence-corrected chi connectivity index (χ4v) is 2.18. The molecule has 1 saturated carbocycles. The molecule has 2 rings (SSSR count). The van der Waals surface area contributed by atoms with Crippen LogP contribution in [0.1, 0.15) is 50.3 Å². The lowest BCUT2D eigenvalue weighted by molar-refractivity contribution is 0.562. The zero-order valence-electron chi connectivity index (χ0n) is 7.68. The Hall–Kier alpha value is -0.640. The van der Waals surface area contributed by atoms with Gasteiger partial charge < -0.3 is 0 Å². The molecule has 0 aromatic carbocycles. The first-order valence-corrected chi connectivity index (χ1v) is 5.41. The molecule has 0 spiro atoms. The zero-order valence-corrected chi connectivity index (χ0v) is 8.49. The molecule has 0 atom stereocenters. The van der Waals surface area contributed by atoms with Crippen LogP contribution < -0.4 is 0 Å². The molecule has 1 heterocycles. The van der Waals surface area contributed by atoms with Crippen molar-refractivity contribution in [1.29, 1.82) is 0 Å². The van der Waals surface area contributed by atoms with E-state index >= 15 is 0 Å². The second kappa shape index (κ2) is 4.05. The molecule has 0 aliphatic heterocycles. The summed E-state index contributed by atoms with van der Waals surface area (Å²) in [7, 11) is 0. The van der Waals surface area contributed by atoms with Gasteiger partial charge in [-0.3, -0.25) is 10.2 Å². The summed E-state index contributed by atoms with van der Waals surface area (Å²) in [5.74, 6) is 1.67. The highest BCUT2D eigenvalue weighted by Crippen LogP contribution is 2.28. The first kappa shape index (κ1) is 8.94. The van der Waals surface area contributed by atoms with Crippen molar-refractivity contribution in [2.24, 2.45) is 0 Å². The van der Waals surface area contributed by atoms with Crippen LogP contribution in [0, 0.1) is 4.77 Å². The van der Waals surface area contributed by atoms with Crippen molar-refractivity contribution in [3.05, 3.63) is 10.6 Å². The molecule has 0 radical (unpaired) electrons. The third-order valence-corrected chi connectivity index (χ3v) is 2.95. The number of rotatable bonds is 1. The summed E-state index contributed by atoms with van der Waals surface area (Å²) >= 11 is 4.94. The number of H-pyrrole nitrogens is 2. The predicted molar refractivity (Wildman–Crippen MR) is 54.2 cm³/mol. The van der Waals surface area contributed by atoms with Crippen LogP contribution in [0.25, 0.3) is 0 Å². The summed E-state index contributed by atoms with van der Waals surface area (Å²) < 4.78 is 0.583. The second-order valence-electron chi connectivity index (χ2n) is 3.74. The van der Waals surface area contributed by atoms with Crippen LogP contribution in [-0.4, -0.2) is 15.2 Å². The van der Waals surface area contributed by atoms with Gasteiger partial charge >= 0.3 is 0 Å². The van der Waals surface area contributed by atoms with Gasteiger partial charge in [-0.1, -0.05) is 25.7 Å². The Kier molecular flexibility index (Phi) is 2.78. The summed E-state index contributed by atoms with van der Waals surface area (Å²) in [5.41, 5.74) is 0. The van der Waals surface area contributed by atoms with Crippen LogP contribution in [0.3, 0.4) is 0 Å². The number of hydrogen-bond donors (Lipinski definition) is 2. The van der Waals surface area contributed by atoms with Gasteiger partial charge in [0.25, 0.3) is 0 Å². The van der Waals surface area contributed by atoms with Gasteiger partial charge in [0, 0.05) is 5.92 Å². The van der Waals surface area contributed by atoms with E-state index in [4.69, 9.17) is 12.2 Å². The van der Waals surface area contributed by atoms with Crippen molar-refractivity contribution >= 4 is 12.2 Å². The largest absolute Gasteiger partial charge is 0.285 e. The maximum absolute atomic E-state index is 4.94. The molecule has 1 aromatic heterocycles. The Morgan fingerprint density at radius 1 is 1.08 bits per heavy atom. The van der Waals surface area contributed by atoms with Crippen LogP contribution in [0.15, 0.2) is 0 Å². The average molecular weight is 197 g/mol. The summed E-state index contributed by atoms with van der Waals surface area (Å²) in [5, 5.41) is 5.93. The Morgan fingerprint density at radius 2 is 1.77 bits per heavy atom. The Labute approximate surface area is 83.0 Å². The van der Waals surface area contributed by atoms with Crippen molar-refractivity contribution < 1.29 is 0 Å². The SMILES string of the molecule is S=c1nc(C2CCCCCC2)[nH][nH]1. The normalized spacial score (nSPS) is 20.0. The molecule has 1 fully saturated rings. The van der Waals surface area contributed by atoms with Crippen molar-refractivity contribution in [3.63, 3.8) is 0 Å². The maximum Gasteiger partial charge on any atom is 0.213 e. The molecule has 0 saturated heterocycles. The Bertz CT molecular complexity index is 307. The number of aromatic amines is 2. The van der Waals surface area contributed by atoms with E-state index in [1.807, 2.05) is 0 Å². The predicted octanol–water partition coefficient (Wildman–Crippen LogP) is 2.91. The standard InChI is InChI=1S/C9H15N3S/c13-9-10-8(11-12-9)7-5-3-1-2-4-6-7/h7H,1-6H2,(H2,10,11,12,13). The molecular formula is C9H15N3S. The van der Waals surface area contributed by atoms with Crippen molar-refractivity contribution in [1.82, 2.24) is 15.2 Å². The highest BCUT2D eigenvalue weighted by Gasteiger charge is 2.16. The van der Waals surface area contributed by atoms with Crippen LogP contribution in [0.5, 0.6) is 0 Å². The number of aromatic nitrogens is 3. The van der Waals surface area contributed by atoms with E-state index in [9.17, 15) is 0 Å². The fourth-order valence-electron chi connectivity index (χ4n) is 2.03. The molecule has 3 nitrogen and oxygen atoms in total. The molecule has 72 valence electrons. The molecule has 13 heavy (non-hydrogen) atoms. The van der Waals surface area contributed by atoms with Crippen molar-refractivity contribution in [3.8, 4) is 0 Å². The van der Waals surface area contributed by atoms with Gasteiger partial charge in [-0.05, 0) is 25.1 Å². The van der Waals surface area contributed by atoms with Gasteiger partial charge in [-0.15, -0.1) is 0 Å². The summed E-state index contributed by atoms with van der Waals surface area (Å²) in [6.45, 7) is 0. The van der Waals surface area contributed by atoms with Gasteiger partial charge in [0.2, 0.25) is 4.77 Å². The van der Waals surface area contributed by atoms with Gasteiger partial charge in [0.15, 0.2) is 0 Å². The first-order chi connectivity index (χ1) is 6.36. The quantitative estimate of drug-likeness (QED) is 0.537. The first-order valence-electron chi connectivity index (χ1n) is 5.01. The highest BCUT2D eigenvalue weighted by molar-refractivity contribution is 7.71. The van der Waals surface area contributed by atoms with E-state index in [-0.39, 0.29) is 0 Å². The van der Waals surface area contributed by atoms with Crippen LogP contribution in [0.2, 0.25) is 0 Å². The van der Waals surface area contributed by atoms with E-state index in [1.54, 1.807) is 0 Å². The molecule has 1 aliphatic carbocycles. The van der Waals surface area contributed by atoms with Gasteiger partial charge in [0.05, 0.1) is 0 Å². The third kappa shape index (κ3) is 2.18. The smallest absolute Gasteiger partial charge is 0.213 e. The van der Waals surface area contributed by atoms with Crippen molar-refractivity contribution in [2.45, 2.75) is 44.4 Å². The minimum atomic E-state index is 0.583. The molecule has 0 bridgehead atoms. The third-order valence-electron chi connectivity index (χ3n) is 2.76. The lowest BCUT2D eigenvalue weighted by atomic mass is 10.00. The number of hydrogen-bond acceptors (Lipinski definition) is 2. The average Bonchev–Trinajstić information content (AvgIpc) is 2.43. The summed E-state index contributed by atoms with van der Waals surface area (Å²) in [6.07, 6.45) is 7.94. The molecule has 0 amide bonds. The van der Waals surface area contributed by atoms with Crippen LogP contribution in [0.4, 0.5) is 0 Å². The molecule has 4 heteroatoms. The van der Waals surface area contributed by atoms with E-state index in [0.717, 1.165) is 5.82 Å². The van der Waals surface area contributed by atoms with E-state index in [0.29, 0.717) is 10.7 Å².